The van der Waals surface area contributed by atoms with Gasteiger partial charge in [-0.25, -0.2) is 13.9 Å². The van der Waals surface area contributed by atoms with Crippen LogP contribution in [-0.4, -0.2) is 97.9 Å². The normalized spacial score (nSPS) is 21.9. The van der Waals surface area contributed by atoms with Crippen LogP contribution in [0.25, 0.3) is 0 Å². The Bertz CT molecular complexity index is 1970. The second-order valence-corrected chi connectivity index (χ2v) is 23.0. The number of rotatable bonds is 44. The Hall–Kier alpha value is -3.06. The molecule has 2 aliphatic heterocycles. The molecule has 0 radical (unpaired) electrons. The molecule has 3 heterocycles. The first kappa shape index (κ1) is 65.2. The third kappa shape index (κ3) is 30.0. The molecule has 424 valence electrons. The Kier molecular flexibility index (Phi) is 33.2. The van der Waals surface area contributed by atoms with E-state index in [1.807, 2.05) is 12.2 Å². The van der Waals surface area contributed by atoms with E-state index in [-0.39, 0.29) is 30.9 Å². The van der Waals surface area contributed by atoms with Crippen LogP contribution >= 0.6 is 15.6 Å². The van der Waals surface area contributed by atoms with Gasteiger partial charge < -0.3 is 44.7 Å². The largest absolute Gasteiger partial charge is 0.481 e. The van der Waals surface area contributed by atoms with Crippen molar-refractivity contribution in [2.75, 3.05) is 25.6 Å². The van der Waals surface area contributed by atoms with Crippen LogP contribution < -0.4 is 11.4 Å². The molecule has 4 unspecified atom stereocenters. The van der Waals surface area contributed by atoms with Crippen molar-refractivity contribution < 1.29 is 71.0 Å². The number of hydrogen-bond acceptors (Lipinski definition) is 16. The van der Waals surface area contributed by atoms with Gasteiger partial charge in [0.25, 0.3) is 0 Å². The summed E-state index contributed by atoms with van der Waals surface area (Å²) >= 11 is 0. The number of aliphatic hydroxyl groups excluding tert-OH is 2. The summed E-state index contributed by atoms with van der Waals surface area (Å²) in [6.45, 7) is 4.42. The second-order valence-electron chi connectivity index (χ2n) is 20.0. The van der Waals surface area contributed by atoms with Crippen molar-refractivity contribution in [1.29, 1.82) is 0 Å². The summed E-state index contributed by atoms with van der Waals surface area (Å²) in [4.78, 5) is 62.1. The van der Waals surface area contributed by atoms with Gasteiger partial charge in [-0.15, -0.1) is 0 Å². The Morgan fingerprint density at radius 1 is 0.703 bits per heavy atom. The molecule has 2 aliphatic rings. The fraction of sp³-hybridized carbons (Fsp3) is 0.774. The van der Waals surface area contributed by atoms with Crippen molar-refractivity contribution in [3.05, 3.63) is 59.2 Å². The smallest absolute Gasteiger partial charge is 0.462 e. The molecule has 74 heavy (non-hydrogen) atoms. The summed E-state index contributed by atoms with van der Waals surface area (Å²) in [6, 6.07) is 1.25. The number of epoxide rings is 1. The van der Waals surface area contributed by atoms with E-state index in [0.717, 1.165) is 68.0 Å². The zero-order valence-electron chi connectivity index (χ0n) is 44.5. The molecule has 0 aliphatic carbocycles. The molecule has 0 amide bonds. The molecule has 1 aromatic rings. The van der Waals surface area contributed by atoms with Crippen LogP contribution in [0.2, 0.25) is 0 Å². The van der Waals surface area contributed by atoms with Gasteiger partial charge in [-0.2, -0.15) is 9.29 Å². The Morgan fingerprint density at radius 3 is 1.88 bits per heavy atom. The van der Waals surface area contributed by atoms with Crippen LogP contribution in [0.1, 0.15) is 200 Å². The summed E-state index contributed by atoms with van der Waals surface area (Å²) in [5, 5.41) is 20.9. The lowest BCUT2D eigenvalue weighted by molar-refractivity contribution is -0.161. The SMILES string of the molecule is CCCCC/C=C\C/C=C\CC1OC1C/C=C\CCCC(=O)O[C@H](COC(=O)CCCCCCCCCCCCCCCCCC(C)C)COP(=O)(O)OP(=O)(O)OC[C@H]1O[C@@H](n2ccc(N)nc2=O)[C@H](O)[C@@H]1O. The summed E-state index contributed by atoms with van der Waals surface area (Å²) in [5.41, 5.74) is 4.59. The van der Waals surface area contributed by atoms with Gasteiger partial charge in [0.1, 0.15) is 30.7 Å². The highest BCUT2D eigenvalue weighted by molar-refractivity contribution is 7.61. The first-order valence-corrected chi connectivity index (χ1v) is 30.5. The van der Waals surface area contributed by atoms with Gasteiger partial charge in [0.2, 0.25) is 0 Å². The van der Waals surface area contributed by atoms with Gasteiger partial charge in [-0.05, 0) is 63.4 Å². The van der Waals surface area contributed by atoms with Gasteiger partial charge in [0.15, 0.2) is 12.3 Å². The molecule has 21 heteroatoms. The Morgan fingerprint density at radius 2 is 1.26 bits per heavy atom. The Labute approximate surface area is 440 Å². The molecule has 2 saturated heterocycles. The lowest BCUT2D eigenvalue weighted by atomic mass is 10.0. The number of nitrogens with zero attached hydrogens (tertiary/aromatic N) is 2. The summed E-state index contributed by atoms with van der Waals surface area (Å²) < 4.78 is 62.7. The van der Waals surface area contributed by atoms with Gasteiger partial charge in [-0.1, -0.05) is 166 Å². The average molecular weight is 1090 g/mol. The van der Waals surface area contributed by atoms with Crippen LogP contribution in [0.3, 0.4) is 0 Å². The van der Waals surface area contributed by atoms with Gasteiger partial charge >= 0.3 is 33.3 Å². The minimum absolute atomic E-state index is 0.0327. The zero-order chi connectivity index (χ0) is 54.0. The van der Waals surface area contributed by atoms with Crippen molar-refractivity contribution in [2.24, 2.45) is 5.92 Å². The maximum atomic E-state index is 12.9. The molecule has 1 aromatic heterocycles. The number of esters is 2. The number of nitrogen functional groups attached to an aromatic ring is 1. The van der Waals surface area contributed by atoms with E-state index >= 15 is 0 Å². The second kappa shape index (κ2) is 37.7. The fourth-order valence-electron chi connectivity index (χ4n) is 8.42. The standard InChI is InChI=1S/C53H91N3O16P2/c1-4-5-6-7-8-16-20-23-28-33-44-45(70-44)34-29-25-26-31-36-49(58)69-43(39-66-48(57)35-30-24-21-18-15-13-11-9-10-12-14-17-19-22-27-32-42(2)3)40-67-73(62,63)72-74(64,65)68-41-46-50(59)51(60)52(71-46)56-38-37-47(54)55-53(56)61/h8,16,23,25,28-29,37-38,42-46,50-52,59-60H,4-7,9-15,17-22,24,26-27,30-36,39-41H2,1-3H3,(H,62,63)(H,64,65)(H2,54,55,61)/b16-8-,28-23-,29-25-/t43-,44?,45?,46-,50-,51-,52-/m1/s1. The van der Waals surface area contributed by atoms with E-state index in [9.17, 15) is 43.5 Å². The molecule has 0 saturated carbocycles. The summed E-state index contributed by atoms with van der Waals surface area (Å²) in [5.74, 6) is -0.563. The number of nitrogens with two attached hydrogens (primary N) is 1. The molecule has 3 rings (SSSR count). The molecular formula is C53H91N3O16P2. The minimum atomic E-state index is -5.44. The van der Waals surface area contributed by atoms with Gasteiger partial charge in [0, 0.05) is 19.0 Å². The number of hydrogen-bond donors (Lipinski definition) is 5. The highest BCUT2D eigenvalue weighted by Crippen LogP contribution is 2.60. The molecule has 2 fully saturated rings. The molecule has 0 bridgehead atoms. The molecular weight excluding hydrogens is 997 g/mol. The molecule has 6 N–H and O–H groups in total. The van der Waals surface area contributed by atoms with Crippen molar-refractivity contribution in [3.8, 4) is 0 Å². The van der Waals surface area contributed by atoms with Crippen LogP contribution in [0.5, 0.6) is 0 Å². The van der Waals surface area contributed by atoms with Crippen molar-refractivity contribution in [2.45, 2.75) is 237 Å². The number of aromatic nitrogens is 2. The number of unbranched alkanes of at least 4 members (excludes halogenated alkanes) is 18. The quantitative estimate of drug-likeness (QED) is 0.0133. The van der Waals surface area contributed by atoms with E-state index < -0.39 is 83.7 Å². The molecule has 19 nitrogen and oxygen atoms in total. The number of allylic oxidation sites excluding steroid dienone is 4. The van der Waals surface area contributed by atoms with Gasteiger partial charge in [-0.3, -0.25) is 23.2 Å². The predicted molar refractivity (Wildman–Crippen MR) is 284 cm³/mol. The molecule has 9 atom stereocenters. The lowest BCUT2D eigenvalue weighted by Gasteiger charge is -2.21. The lowest BCUT2D eigenvalue weighted by Crippen LogP contribution is -2.36. The number of phosphoric acid groups is 2. The number of anilines is 1. The van der Waals surface area contributed by atoms with E-state index in [0.29, 0.717) is 19.3 Å². The van der Waals surface area contributed by atoms with Crippen LogP contribution in [-0.2, 0) is 51.0 Å². The molecule has 0 aromatic carbocycles. The van der Waals surface area contributed by atoms with Crippen LogP contribution in [0, 0.1) is 5.92 Å². The topological polar surface area (TPSA) is 278 Å². The van der Waals surface area contributed by atoms with Crippen molar-refractivity contribution in [3.63, 3.8) is 0 Å². The fourth-order valence-corrected chi connectivity index (χ4v) is 10.5. The average Bonchev–Trinajstić information content (AvgIpc) is 4.04. The van der Waals surface area contributed by atoms with Crippen LogP contribution in [0.4, 0.5) is 5.82 Å². The minimum Gasteiger partial charge on any atom is -0.462 e. The Balaban J connectivity index is 1.39. The number of carbonyl (C=O) groups excluding carboxylic acids is 2. The van der Waals surface area contributed by atoms with E-state index in [1.54, 1.807) is 0 Å². The number of ether oxygens (including phenoxy) is 4. The molecule has 0 spiro atoms. The van der Waals surface area contributed by atoms with Crippen molar-refractivity contribution >= 4 is 33.4 Å². The first-order valence-electron chi connectivity index (χ1n) is 27.5. The van der Waals surface area contributed by atoms with E-state index in [4.69, 9.17) is 33.7 Å². The monoisotopic (exact) mass is 1090 g/mol. The zero-order valence-corrected chi connectivity index (χ0v) is 46.3. The third-order valence-corrected chi connectivity index (χ3v) is 15.4. The number of phosphoric ester groups is 2. The van der Waals surface area contributed by atoms with Crippen LogP contribution in [0.15, 0.2) is 53.5 Å². The predicted octanol–water partition coefficient (Wildman–Crippen LogP) is 10.8. The highest BCUT2D eigenvalue weighted by Gasteiger charge is 2.46. The summed E-state index contributed by atoms with van der Waals surface area (Å²) in [6.07, 6.45) is 33.9. The summed E-state index contributed by atoms with van der Waals surface area (Å²) in [7, 11) is -10.9. The van der Waals surface area contributed by atoms with Gasteiger partial charge in [0.05, 0.1) is 25.4 Å². The maximum absolute atomic E-state index is 12.9. The van der Waals surface area contributed by atoms with E-state index in [2.05, 4.69) is 54.4 Å². The van der Waals surface area contributed by atoms with E-state index in [1.165, 1.54) is 96.0 Å². The maximum Gasteiger partial charge on any atom is 0.481 e. The number of aliphatic hydroxyl groups is 2. The first-order chi connectivity index (χ1) is 35.5. The van der Waals surface area contributed by atoms with Crippen molar-refractivity contribution in [1.82, 2.24) is 9.55 Å². The third-order valence-electron chi connectivity index (χ3n) is 12.8. The highest BCUT2D eigenvalue weighted by atomic mass is 31.3. The number of carbonyl (C=O) groups is 2.